The summed E-state index contributed by atoms with van der Waals surface area (Å²) in [5.74, 6) is -1.40. The fourth-order valence-electron chi connectivity index (χ4n) is 6.75. The Hall–Kier alpha value is -6.92. The topological polar surface area (TPSA) is 214 Å². The van der Waals surface area contributed by atoms with E-state index in [1.807, 2.05) is 143 Å². The minimum Gasteiger partial charge on any atom is -0.608 e. The van der Waals surface area contributed by atoms with Gasteiger partial charge in [-0.2, -0.15) is 0 Å². The summed E-state index contributed by atoms with van der Waals surface area (Å²) in [4.78, 5) is 81.1. The van der Waals surface area contributed by atoms with Crippen LogP contribution in [0.4, 0.5) is 20.1 Å². The number of amides is 5. The number of carbonyl (C=O) groups is 7. The van der Waals surface area contributed by atoms with Crippen LogP contribution < -0.4 is 24.6 Å². The molecule has 3 N–H and O–H groups in total. The first-order chi connectivity index (χ1) is 33.2. The van der Waals surface area contributed by atoms with Gasteiger partial charge in [0.25, 0.3) is 5.91 Å². The summed E-state index contributed by atoms with van der Waals surface area (Å²) in [5, 5.41) is 11.4. The second kappa shape index (κ2) is 32.8. The third-order valence-electron chi connectivity index (χ3n) is 10.2. The van der Waals surface area contributed by atoms with Gasteiger partial charge in [0.1, 0.15) is 25.3 Å². The number of carboxylic acids is 1. The van der Waals surface area contributed by atoms with E-state index in [1.54, 1.807) is 18.2 Å². The smallest absolute Gasteiger partial charge is 0.608 e. The molecule has 3 saturated heterocycles. The molecule has 0 spiro atoms. The Bertz CT molecular complexity index is 2340. The molecule has 70 heavy (non-hydrogen) atoms. The number of rotatable bonds is 13. The number of cyclic esters (lactones) is 3. The summed E-state index contributed by atoms with van der Waals surface area (Å²) in [6.45, 7) is 8.58. The SMILES string of the molecule is CC/C=C/C(=O)Cl.CC/C=C/C(=O)N1C(=O)OCC1c1ccccc1.CC/C=C/C(=O)O.CCC(CC(=O)N1C(=O)OCC1c1ccccc1)c1cccc(N)c1.O=C1[N-]C(c2ccccc2)CO1.[Li+]. The van der Waals surface area contributed by atoms with Crippen molar-refractivity contribution in [2.45, 2.75) is 83.8 Å². The molecule has 3 heterocycles. The van der Waals surface area contributed by atoms with Crippen molar-refractivity contribution in [2.24, 2.45) is 0 Å². The van der Waals surface area contributed by atoms with Crippen LogP contribution in [0.2, 0.25) is 0 Å². The molecule has 5 amide bonds. The largest absolute Gasteiger partial charge is 1.00 e. The molecule has 0 bridgehead atoms. The van der Waals surface area contributed by atoms with Crippen molar-refractivity contribution in [1.82, 2.24) is 9.80 Å². The molecule has 366 valence electrons. The van der Waals surface area contributed by atoms with Crippen LogP contribution in [0.1, 0.15) is 106 Å². The summed E-state index contributed by atoms with van der Waals surface area (Å²) in [7, 11) is 0. The molecule has 0 aromatic heterocycles. The van der Waals surface area contributed by atoms with Crippen molar-refractivity contribution in [1.29, 1.82) is 0 Å². The fraction of sp³-hybridized carbons (Fsp3) is 0.302. The molecule has 4 aromatic carbocycles. The zero-order valence-corrected chi connectivity index (χ0v) is 41.0. The van der Waals surface area contributed by atoms with E-state index in [0.29, 0.717) is 12.3 Å². The van der Waals surface area contributed by atoms with Crippen LogP contribution in [0.5, 0.6) is 0 Å². The van der Waals surface area contributed by atoms with Gasteiger partial charge in [0.05, 0.1) is 6.61 Å². The average Bonchev–Trinajstić information content (AvgIpc) is 4.10. The zero-order valence-electron chi connectivity index (χ0n) is 40.2. The summed E-state index contributed by atoms with van der Waals surface area (Å²) < 4.78 is 14.8. The van der Waals surface area contributed by atoms with Crippen molar-refractivity contribution in [3.05, 3.63) is 179 Å². The molecule has 17 heteroatoms. The minimum atomic E-state index is -0.873. The number of carbonyl (C=O) groups excluding carboxylic acids is 6. The summed E-state index contributed by atoms with van der Waals surface area (Å²) in [6, 6.07) is 35.3. The van der Waals surface area contributed by atoms with Crippen molar-refractivity contribution in [3.63, 3.8) is 0 Å². The number of aliphatic carboxylic acids is 1. The zero-order chi connectivity index (χ0) is 50.6. The summed E-state index contributed by atoms with van der Waals surface area (Å²) in [6.07, 6.45) is 10.8. The van der Waals surface area contributed by atoms with E-state index in [4.69, 9.17) is 36.7 Å². The number of carboxylic acid groups (broad SMARTS) is 1. The summed E-state index contributed by atoms with van der Waals surface area (Å²) >= 11 is 4.93. The monoisotopic (exact) mass is 970 g/mol. The first kappa shape index (κ1) is 59.2. The molecule has 4 aromatic rings. The van der Waals surface area contributed by atoms with E-state index in [9.17, 15) is 33.6 Å². The van der Waals surface area contributed by atoms with Gasteiger partial charge in [0.15, 0.2) is 0 Å². The van der Waals surface area contributed by atoms with Crippen LogP contribution in [0.15, 0.2) is 152 Å². The molecular formula is C53H60ClLiN4O11. The molecule has 0 aliphatic carbocycles. The molecule has 3 aliphatic heterocycles. The number of hydrogen-bond acceptors (Lipinski definition) is 11. The molecule has 3 aliphatic rings. The number of imide groups is 2. The Kier molecular flexibility index (Phi) is 27.7. The third-order valence-corrected chi connectivity index (χ3v) is 10.3. The number of nitrogens with two attached hydrogens (primary N) is 1. The molecule has 0 radical (unpaired) electrons. The Morgan fingerprint density at radius 1 is 0.671 bits per heavy atom. The maximum Gasteiger partial charge on any atom is 1.00 e. The standard InChI is InChI=1S/C20H22N2O3.C14H15NO3.C9H9NO2.C5H7ClO.C5H8O2.Li/c1-2-14(16-9-6-10-17(21)11-16)12-19(23)22-18(13-25-20(22)24)15-7-4-3-5-8-15;1-2-3-9-13(16)15-12(10-18-14(15)17)11-7-5-4-6-8-11;11-9-10-8(6-12-9)7-4-2-1-3-5-7;2*1-2-3-4-5(6)7;/h3-11,14,18H,2,12-13,21H2,1H3;3-9,12H,2,10H2,1H3;1-5,8H,6H2,(H,10,11);3-4H,2H2,1H3;3-4H,2H2,1H3,(H,6,7);/q;;;;;+1/p-1/b;9-3+;;2*4-3+;. The number of nitrogens with zero attached hydrogens (tertiary/aromatic N) is 3. The van der Waals surface area contributed by atoms with Gasteiger partial charge in [0, 0.05) is 18.2 Å². The molecular weight excluding hydrogens is 911 g/mol. The number of nitrogen functional groups attached to an aromatic ring is 1. The Balaban J connectivity index is 0.000000327. The Morgan fingerprint density at radius 2 is 1.16 bits per heavy atom. The number of anilines is 1. The van der Waals surface area contributed by atoms with Crippen LogP contribution in [-0.2, 0) is 33.4 Å². The summed E-state index contributed by atoms with van der Waals surface area (Å²) in [5.41, 5.74) is 10.4. The van der Waals surface area contributed by atoms with E-state index < -0.39 is 29.5 Å². The minimum absolute atomic E-state index is 0. The number of ether oxygens (including phenoxy) is 3. The normalized spacial score (nSPS) is 17.1. The number of halogens is 1. The van der Waals surface area contributed by atoms with Gasteiger partial charge >= 0.3 is 37.0 Å². The molecule has 4 unspecified atom stereocenters. The van der Waals surface area contributed by atoms with E-state index in [1.165, 1.54) is 22.0 Å². The van der Waals surface area contributed by atoms with Gasteiger partial charge in [-0.05, 0) is 84.2 Å². The fourth-order valence-corrected chi connectivity index (χ4v) is 6.84. The van der Waals surface area contributed by atoms with Gasteiger partial charge in [0.2, 0.25) is 17.2 Å². The average molecular weight is 971 g/mol. The van der Waals surface area contributed by atoms with Gasteiger partial charge in [-0.1, -0.05) is 161 Å². The van der Waals surface area contributed by atoms with Crippen LogP contribution in [0.25, 0.3) is 5.32 Å². The van der Waals surface area contributed by atoms with E-state index >= 15 is 0 Å². The Morgan fingerprint density at radius 3 is 1.59 bits per heavy atom. The van der Waals surface area contributed by atoms with Gasteiger partial charge in [-0.25, -0.2) is 24.2 Å². The molecule has 7 rings (SSSR count). The maximum atomic E-state index is 12.9. The first-order valence-corrected chi connectivity index (χ1v) is 22.9. The van der Waals surface area contributed by atoms with Crippen LogP contribution in [-0.4, -0.2) is 76.0 Å². The second-order valence-electron chi connectivity index (χ2n) is 15.2. The van der Waals surface area contributed by atoms with Gasteiger partial charge in [-0.3, -0.25) is 19.2 Å². The first-order valence-electron chi connectivity index (χ1n) is 22.5. The maximum absolute atomic E-state index is 12.9. The van der Waals surface area contributed by atoms with E-state index in [2.05, 4.69) is 5.32 Å². The van der Waals surface area contributed by atoms with Crippen molar-refractivity contribution >= 4 is 58.6 Å². The molecule has 15 nitrogen and oxygen atoms in total. The quantitative estimate of drug-likeness (QED) is 0.0424. The van der Waals surface area contributed by atoms with Crippen LogP contribution in [0, 0.1) is 0 Å². The van der Waals surface area contributed by atoms with Gasteiger partial charge in [-0.15, -0.1) is 0 Å². The number of allylic oxidation sites excluding steroid dienone is 4. The molecule has 4 atom stereocenters. The van der Waals surface area contributed by atoms with Gasteiger partial charge < -0.3 is 30.4 Å². The second-order valence-corrected chi connectivity index (χ2v) is 15.5. The molecule has 0 saturated carbocycles. The number of benzene rings is 4. The van der Waals surface area contributed by atoms with E-state index in [0.717, 1.165) is 54.0 Å². The van der Waals surface area contributed by atoms with Crippen molar-refractivity contribution in [2.75, 3.05) is 25.6 Å². The van der Waals surface area contributed by atoms with Crippen molar-refractivity contribution < 1.29 is 71.7 Å². The third kappa shape index (κ3) is 20.4. The van der Waals surface area contributed by atoms with Crippen LogP contribution >= 0.6 is 11.6 Å². The van der Waals surface area contributed by atoms with Crippen molar-refractivity contribution in [3.8, 4) is 0 Å². The van der Waals surface area contributed by atoms with Crippen LogP contribution in [0.3, 0.4) is 0 Å². The Labute approximate surface area is 426 Å². The number of hydrogen-bond donors (Lipinski definition) is 2. The predicted octanol–water partition coefficient (Wildman–Crippen LogP) is 8.56. The molecule has 3 fully saturated rings. The predicted molar refractivity (Wildman–Crippen MR) is 264 cm³/mol. The van der Waals surface area contributed by atoms with E-state index in [-0.39, 0.29) is 74.4 Å².